The standard InChI is InChI=1S/C14H19N3O3/c1-14(5-6-16-9-14)13(19)17-10-3-2-4-11(7-10)20-8-12(15)18/h2-4,7,16H,5-6,8-9H2,1H3,(H2,15,18)(H,17,19). The fourth-order valence-corrected chi connectivity index (χ4v) is 2.11. The number of nitrogens with two attached hydrogens (primary N) is 1. The van der Waals surface area contributed by atoms with Crippen LogP contribution < -0.4 is 21.1 Å². The third-order valence-electron chi connectivity index (χ3n) is 3.39. The van der Waals surface area contributed by atoms with E-state index in [1.54, 1.807) is 24.3 Å². The van der Waals surface area contributed by atoms with Gasteiger partial charge in [-0.25, -0.2) is 0 Å². The van der Waals surface area contributed by atoms with Gasteiger partial charge < -0.3 is 21.1 Å². The van der Waals surface area contributed by atoms with Crippen molar-refractivity contribution in [1.82, 2.24) is 5.32 Å². The monoisotopic (exact) mass is 277 g/mol. The molecule has 108 valence electrons. The summed E-state index contributed by atoms with van der Waals surface area (Å²) < 4.78 is 5.20. The Hall–Kier alpha value is -2.08. The predicted molar refractivity (Wildman–Crippen MR) is 75.4 cm³/mol. The van der Waals surface area contributed by atoms with Gasteiger partial charge in [0.25, 0.3) is 5.91 Å². The minimum absolute atomic E-state index is 0.0189. The third kappa shape index (κ3) is 3.48. The molecule has 0 saturated carbocycles. The number of hydrogen-bond acceptors (Lipinski definition) is 4. The van der Waals surface area contributed by atoms with Crippen molar-refractivity contribution in [2.24, 2.45) is 11.1 Å². The first-order valence-electron chi connectivity index (χ1n) is 6.53. The van der Waals surface area contributed by atoms with Crippen LogP contribution in [0.3, 0.4) is 0 Å². The summed E-state index contributed by atoms with van der Waals surface area (Å²) in [5.74, 6) is -0.0603. The molecule has 1 saturated heterocycles. The van der Waals surface area contributed by atoms with Crippen LogP contribution >= 0.6 is 0 Å². The van der Waals surface area contributed by atoms with Gasteiger partial charge >= 0.3 is 0 Å². The lowest BCUT2D eigenvalue weighted by Crippen LogP contribution is -2.35. The summed E-state index contributed by atoms with van der Waals surface area (Å²) in [7, 11) is 0. The van der Waals surface area contributed by atoms with Crippen molar-refractivity contribution in [2.75, 3.05) is 25.0 Å². The van der Waals surface area contributed by atoms with Crippen LogP contribution in [0.25, 0.3) is 0 Å². The van der Waals surface area contributed by atoms with E-state index < -0.39 is 5.91 Å². The average Bonchev–Trinajstić information content (AvgIpc) is 2.85. The van der Waals surface area contributed by atoms with Crippen molar-refractivity contribution in [2.45, 2.75) is 13.3 Å². The van der Waals surface area contributed by atoms with E-state index in [-0.39, 0.29) is 17.9 Å². The second-order valence-corrected chi connectivity index (χ2v) is 5.22. The summed E-state index contributed by atoms with van der Waals surface area (Å²) in [6.07, 6.45) is 0.816. The van der Waals surface area contributed by atoms with Crippen molar-refractivity contribution < 1.29 is 14.3 Å². The van der Waals surface area contributed by atoms with Gasteiger partial charge in [-0.05, 0) is 32.0 Å². The molecule has 1 heterocycles. The number of ether oxygens (including phenoxy) is 1. The molecule has 2 rings (SSSR count). The van der Waals surface area contributed by atoms with Gasteiger partial charge in [-0.2, -0.15) is 0 Å². The molecule has 1 aromatic rings. The molecule has 20 heavy (non-hydrogen) atoms. The Kier molecular flexibility index (Phi) is 4.24. The van der Waals surface area contributed by atoms with Crippen LogP contribution in [0, 0.1) is 5.41 Å². The summed E-state index contributed by atoms with van der Waals surface area (Å²) in [5.41, 5.74) is 5.28. The highest BCUT2D eigenvalue weighted by molar-refractivity contribution is 5.95. The number of primary amides is 1. The molecule has 1 aromatic carbocycles. The Bertz CT molecular complexity index is 510. The van der Waals surface area contributed by atoms with Gasteiger partial charge in [0, 0.05) is 18.3 Å². The summed E-state index contributed by atoms with van der Waals surface area (Å²) in [6, 6.07) is 6.91. The van der Waals surface area contributed by atoms with Gasteiger partial charge in [-0.15, -0.1) is 0 Å². The number of nitrogens with one attached hydrogen (secondary N) is 2. The molecule has 1 fully saturated rings. The second-order valence-electron chi connectivity index (χ2n) is 5.22. The Morgan fingerprint density at radius 2 is 2.30 bits per heavy atom. The van der Waals surface area contributed by atoms with Crippen molar-refractivity contribution in [3.05, 3.63) is 24.3 Å². The molecular formula is C14H19N3O3. The van der Waals surface area contributed by atoms with Crippen LogP contribution in [0.4, 0.5) is 5.69 Å². The Labute approximate surface area is 117 Å². The molecule has 0 aromatic heterocycles. The van der Waals surface area contributed by atoms with E-state index in [1.807, 2.05) is 6.92 Å². The van der Waals surface area contributed by atoms with Gasteiger partial charge in [0.05, 0.1) is 5.41 Å². The van der Waals surface area contributed by atoms with Crippen molar-refractivity contribution in [3.8, 4) is 5.75 Å². The highest BCUT2D eigenvalue weighted by Gasteiger charge is 2.36. The number of hydrogen-bond donors (Lipinski definition) is 3. The Morgan fingerprint density at radius 1 is 1.50 bits per heavy atom. The van der Waals surface area contributed by atoms with Gasteiger partial charge in [0.1, 0.15) is 5.75 Å². The number of anilines is 1. The second kappa shape index (κ2) is 5.92. The highest BCUT2D eigenvalue weighted by atomic mass is 16.5. The molecule has 4 N–H and O–H groups in total. The van der Waals surface area contributed by atoms with E-state index in [0.29, 0.717) is 18.0 Å². The Morgan fingerprint density at radius 3 is 2.95 bits per heavy atom. The van der Waals surface area contributed by atoms with Crippen LogP contribution in [0.15, 0.2) is 24.3 Å². The van der Waals surface area contributed by atoms with Crippen LogP contribution in [0.5, 0.6) is 5.75 Å². The van der Waals surface area contributed by atoms with Crippen molar-refractivity contribution >= 4 is 17.5 Å². The molecule has 1 unspecified atom stereocenters. The Balaban J connectivity index is 2.00. The average molecular weight is 277 g/mol. The molecule has 2 amide bonds. The van der Waals surface area contributed by atoms with Gasteiger partial charge in [0.2, 0.25) is 5.91 Å². The third-order valence-corrected chi connectivity index (χ3v) is 3.39. The first-order chi connectivity index (χ1) is 9.49. The maximum Gasteiger partial charge on any atom is 0.255 e. The fraction of sp³-hybridized carbons (Fsp3) is 0.429. The van der Waals surface area contributed by atoms with E-state index in [4.69, 9.17) is 10.5 Å². The van der Waals surface area contributed by atoms with Crippen LogP contribution in [-0.2, 0) is 9.59 Å². The normalized spacial score (nSPS) is 21.4. The zero-order valence-corrected chi connectivity index (χ0v) is 11.4. The fourth-order valence-electron chi connectivity index (χ4n) is 2.11. The van der Waals surface area contributed by atoms with E-state index in [0.717, 1.165) is 13.0 Å². The molecule has 0 aliphatic carbocycles. The molecule has 1 aliphatic rings. The van der Waals surface area contributed by atoms with E-state index in [2.05, 4.69) is 10.6 Å². The summed E-state index contributed by atoms with van der Waals surface area (Å²) >= 11 is 0. The minimum Gasteiger partial charge on any atom is -0.484 e. The molecule has 0 bridgehead atoms. The molecule has 0 radical (unpaired) electrons. The molecule has 6 heteroatoms. The van der Waals surface area contributed by atoms with E-state index in [1.165, 1.54) is 0 Å². The molecule has 1 atom stereocenters. The van der Waals surface area contributed by atoms with Crippen molar-refractivity contribution in [3.63, 3.8) is 0 Å². The zero-order valence-electron chi connectivity index (χ0n) is 11.4. The molecule has 0 spiro atoms. The van der Waals surface area contributed by atoms with E-state index >= 15 is 0 Å². The zero-order chi connectivity index (χ0) is 14.6. The lowest BCUT2D eigenvalue weighted by molar-refractivity contribution is -0.124. The maximum atomic E-state index is 12.2. The lowest BCUT2D eigenvalue weighted by Gasteiger charge is -2.21. The molecular weight excluding hydrogens is 258 g/mol. The summed E-state index contributed by atoms with van der Waals surface area (Å²) in [4.78, 5) is 22.9. The number of amides is 2. The summed E-state index contributed by atoms with van der Waals surface area (Å²) in [6.45, 7) is 3.29. The number of rotatable bonds is 5. The summed E-state index contributed by atoms with van der Waals surface area (Å²) in [5, 5.41) is 6.06. The smallest absolute Gasteiger partial charge is 0.255 e. The van der Waals surface area contributed by atoms with Crippen LogP contribution in [-0.4, -0.2) is 31.5 Å². The first kappa shape index (κ1) is 14.3. The number of carbonyl (C=O) groups is 2. The predicted octanol–water partition coefficient (Wildman–Crippen LogP) is 0.489. The highest BCUT2D eigenvalue weighted by Crippen LogP contribution is 2.27. The first-order valence-corrected chi connectivity index (χ1v) is 6.53. The SMILES string of the molecule is CC1(C(=O)Nc2cccc(OCC(N)=O)c2)CCNC1. The van der Waals surface area contributed by atoms with E-state index in [9.17, 15) is 9.59 Å². The topological polar surface area (TPSA) is 93.4 Å². The maximum absolute atomic E-state index is 12.2. The van der Waals surface area contributed by atoms with Crippen molar-refractivity contribution in [1.29, 1.82) is 0 Å². The van der Waals surface area contributed by atoms with Gasteiger partial charge in [-0.3, -0.25) is 9.59 Å². The lowest BCUT2D eigenvalue weighted by atomic mass is 9.89. The molecule has 1 aliphatic heterocycles. The van der Waals surface area contributed by atoms with Gasteiger partial charge in [-0.1, -0.05) is 6.07 Å². The van der Waals surface area contributed by atoms with Gasteiger partial charge in [0.15, 0.2) is 6.61 Å². The van der Waals surface area contributed by atoms with Crippen LogP contribution in [0.1, 0.15) is 13.3 Å². The minimum atomic E-state index is -0.538. The quantitative estimate of drug-likeness (QED) is 0.730. The largest absolute Gasteiger partial charge is 0.484 e. The number of benzene rings is 1. The molecule has 6 nitrogen and oxygen atoms in total. The van der Waals surface area contributed by atoms with Crippen LogP contribution in [0.2, 0.25) is 0 Å². The number of carbonyl (C=O) groups excluding carboxylic acids is 2.